The number of carbonyl (C=O) groups excluding carboxylic acids is 3. The summed E-state index contributed by atoms with van der Waals surface area (Å²) in [6, 6.07) is 14.7. The molecule has 0 bridgehead atoms. The van der Waals surface area contributed by atoms with Crippen LogP contribution in [-0.2, 0) is 26.5 Å². The highest BCUT2D eigenvalue weighted by molar-refractivity contribution is 6.07. The molecule has 2 N–H and O–H groups in total. The highest BCUT2D eigenvalue weighted by Gasteiger charge is 2.52. The van der Waals surface area contributed by atoms with Gasteiger partial charge in [0.2, 0.25) is 11.8 Å². The Balaban J connectivity index is 1.34. The third-order valence-corrected chi connectivity index (χ3v) is 7.87. The van der Waals surface area contributed by atoms with E-state index in [4.69, 9.17) is 0 Å². The molecule has 8 heteroatoms. The highest BCUT2D eigenvalue weighted by atomic mass is 16.3. The van der Waals surface area contributed by atoms with Crippen LogP contribution in [0.5, 0.6) is 0 Å². The van der Waals surface area contributed by atoms with Crippen molar-refractivity contribution in [2.75, 3.05) is 29.5 Å². The summed E-state index contributed by atoms with van der Waals surface area (Å²) in [5.41, 5.74) is 1.11. The number of para-hydroxylation sites is 1. The topological polar surface area (TPSA) is 101 Å². The van der Waals surface area contributed by atoms with Crippen LogP contribution in [0.2, 0.25) is 0 Å². The number of amides is 3. The largest absolute Gasteiger partial charge is 0.394 e. The first-order chi connectivity index (χ1) is 17.8. The van der Waals surface area contributed by atoms with Gasteiger partial charge in [0.15, 0.2) is 5.60 Å². The van der Waals surface area contributed by atoms with Gasteiger partial charge in [0, 0.05) is 43.1 Å². The molecule has 0 saturated carbocycles. The molecule has 3 atom stereocenters. The zero-order chi connectivity index (χ0) is 26.2. The number of hydrogen-bond acceptors (Lipinski definition) is 5. The summed E-state index contributed by atoms with van der Waals surface area (Å²) in [5.74, 6) is -0.962. The maximum Gasteiger partial charge on any atom is 0.264 e. The van der Waals surface area contributed by atoms with Crippen LogP contribution < -0.4 is 9.80 Å². The zero-order valence-corrected chi connectivity index (χ0v) is 21.0. The van der Waals surface area contributed by atoms with Crippen molar-refractivity contribution < 1.29 is 24.6 Å². The first-order valence-corrected chi connectivity index (χ1v) is 12.9. The van der Waals surface area contributed by atoms with Crippen molar-refractivity contribution in [2.24, 2.45) is 5.92 Å². The van der Waals surface area contributed by atoms with Crippen molar-refractivity contribution in [2.45, 2.75) is 50.8 Å². The number of benzene rings is 2. The molecule has 3 heterocycles. The normalized spacial score (nSPS) is 24.1. The Morgan fingerprint density at radius 1 is 1.16 bits per heavy atom. The first-order valence-electron chi connectivity index (χ1n) is 12.9. The molecule has 0 radical (unpaired) electrons. The summed E-state index contributed by atoms with van der Waals surface area (Å²) >= 11 is 0. The molecule has 2 saturated heterocycles. The molecule has 0 spiro atoms. The minimum absolute atomic E-state index is 0.0377. The van der Waals surface area contributed by atoms with Crippen molar-refractivity contribution >= 4 is 29.1 Å². The molecule has 37 heavy (non-hydrogen) atoms. The SMILES string of the molecule is C[C@@H](/C=C/CC(=O)N1CCC[C@H]1CO)[C@]1(O)C(=O)N(Cc2cccc(N3CCC3=O)c2)c2ccccc21. The van der Waals surface area contributed by atoms with Crippen LogP contribution in [0.1, 0.15) is 43.7 Å². The van der Waals surface area contributed by atoms with Gasteiger partial charge in [-0.3, -0.25) is 14.4 Å². The Kier molecular flexibility index (Phi) is 6.88. The first kappa shape index (κ1) is 25.2. The van der Waals surface area contributed by atoms with Crippen molar-refractivity contribution in [1.29, 1.82) is 0 Å². The van der Waals surface area contributed by atoms with Gasteiger partial charge in [-0.1, -0.05) is 49.4 Å². The Morgan fingerprint density at radius 3 is 2.70 bits per heavy atom. The molecule has 2 aromatic carbocycles. The number of fused-ring (bicyclic) bond motifs is 1. The summed E-state index contributed by atoms with van der Waals surface area (Å²) in [4.78, 5) is 43.3. The fourth-order valence-electron chi connectivity index (χ4n) is 5.64. The number of rotatable bonds is 8. The Morgan fingerprint density at radius 2 is 1.97 bits per heavy atom. The fourth-order valence-corrected chi connectivity index (χ4v) is 5.64. The van der Waals surface area contributed by atoms with E-state index in [1.807, 2.05) is 36.4 Å². The van der Waals surface area contributed by atoms with Crippen LogP contribution in [-0.4, -0.2) is 58.6 Å². The summed E-state index contributed by atoms with van der Waals surface area (Å²) in [7, 11) is 0. The molecule has 0 unspecified atom stereocenters. The summed E-state index contributed by atoms with van der Waals surface area (Å²) in [5, 5.41) is 21.3. The lowest BCUT2D eigenvalue weighted by Gasteiger charge is -2.31. The molecular weight excluding hydrogens is 470 g/mol. The van der Waals surface area contributed by atoms with Gasteiger partial charge in [0.05, 0.1) is 24.9 Å². The number of anilines is 2. The van der Waals surface area contributed by atoms with Gasteiger partial charge < -0.3 is 24.9 Å². The second-order valence-corrected chi connectivity index (χ2v) is 10.1. The number of nitrogens with zero attached hydrogens (tertiary/aromatic N) is 3. The Labute approximate surface area is 216 Å². The van der Waals surface area contributed by atoms with Gasteiger partial charge in [-0.05, 0) is 36.6 Å². The summed E-state index contributed by atoms with van der Waals surface area (Å²) < 4.78 is 0. The average Bonchev–Trinajstić information content (AvgIpc) is 3.46. The molecular formula is C29H33N3O5. The van der Waals surface area contributed by atoms with Crippen LogP contribution >= 0.6 is 0 Å². The molecule has 3 aliphatic heterocycles. The van der Waals surface area contributed by atoms with E-state index < -0.39 is 17.4 Å². The molecule has 0 aliphatic carbocycles. The minimum Gasteiger partial charge on any atom is -0.394 e. The van der Waals surface area contributed by atoms with Crippen LogP contribution in [0.4, 0.5) is 11.4 Å². The predicted molar refractivity (Wildman–Crippen MR) is 140 cm³/mol. The number of β-lactam (4-membered cyclic amide) rings is 1. The Hall–Kier alpha value is -3.49. The van der Waals surface area contributed by atoms with E-state index in [1.165, 1.54) is 0 Å². The number of carbonyl (C=O) groups is 3. The third-order valence-electron chi connectivity index (χ3n) is 7.87. The predicted octanol–water partition coefficient (Wildman–Crippen LogP) is 2.72. The molecule has 3 amide bonds. The number of aliphatic hydroxyl groups excluding tert-OH is 1. The molecule has 2 aromatic rings. The zero-order valence-electron chi connectivity index (χ0n) is 21.0. The molecule has 2 fully saturated rings. The maximum atomic E-state index is 13.7. The number of aliphatic hydroxyl groups is 2. The summed E-state index contributed by atoms with van der Waals surface area (Å²) in [6.45, 7) is 3.34. The van der Waals surface area contributed by atoms with Crippen LogP contribution in [0.25, 0.3) is 0 Å². The van der Waals surface area contributed by atoms with E-state index in [-0.39, 0.29) is 37.4 Å². The lowest BCUT2D eigenvalue weighted by Crippen LogP contribution is -2.44. The van der Waals surface area contributed by atoms with E-state index in [9.17, 15) is 24.6 Å². The van der Waals surface area contributed by atoms with Crippen LogP contribution in [0.3, 0.4) is 0 Å². The van der Waals surface area contributed by atoms with Gasteiger partial charge in [-0.15, -0.1) is 0 Å². The van der Waals surface area contributed by atoms with Crippen molar-refractivity contribution in [3.8, 4) is 0 Å². The second kappa shape index (κ2) is 10.1. The van der Waals surface area contributed by atoms with Crippen LogP contribution in [0.15, 0.2) is 60.7 Å². The number of hydrogen-bond donors (Lipinski definition) is 2. The standard InChI is InChI=1S/C29H33N3O5/c1-20(7-4-13-26(34)30-15-6-10-23(30)19-33)29(37)24-11-2-3-12-25(24)32(28(29)36)18-21-8-5-9-22(17-21)31-16-14-27(31)35/h2-5,7-9,11-12,17,20,23,33,37H,6,10,13-16,18-19H2,1H3/b7-4+/t20-,23-,29+/m0/s1. The molecule has 194 valence electrons. The number of likely N-dealkylation sites (tertiary alicyclic amines) is 1. The lowest BCUT2D eigenvalue weighted by atomic mass is 9.83. The monoisotopic (exact) mass is 503 g/mol. The van der Waals surface area contributed by atoms with Crippen LogP contribution in [0, 0.1) is 5.92 Å². The van der Waals surface area contributed by atoms with E-state index >= 15 is 0 Å². The fraction of sp³-hybridized carbons (Fsp3) is 0.414. The molecule has 0 aromatic heterocycles. The smallest absolute Gasteiger partial charge is 0.264 e. The molecule has 8 nitrogen and oxygen atoms in total. The van der Waals surface area contributed by atoms with E-state index in [0.29, 0.717) is 30.8 Å². The Bertz CT molecular complexity index is 1240. The molecule has 3 aliphatic rings. The van der Waals surface area contributed by atoms with Gasteiger partial charge in [-0.2, -0.15) is 0 Å². The highest BCUT2D eigenvalue weighted by Crippen LogP contribution is 2.45. The van der Waals surface area contributed by atoms with E-state index in [1.54, 1.807) is 45.9 Å². The van der Waals surface area contributed by atoms with Crippen molar-refractivity contribution in [3.63, 3.8) is 0 Å². The van der Waals surface area contributed by atoms with Gasteiger partial charge in [-0.25, -0.2) is 0 Å². The average molecular weight is 504 g/mol. The van der Waals surface area contributed by atoms with E-state index in [0.717, 1.165) is 24.1 Å². The second-order valence-electron chi connectivity index (χ2n) is 10.1. The third kappa shape index (κ3) is 4.45. The summed E-state index contributed by atoms with van der Waals surface area (Å²) in [6.07, 6.45) is 5.83. The van der Waals surface area contributed by atoms with Crippen molar-refractivity contribution in [3.05, 3.63) is 71.8 Å². The molecule has 5 rings (SSSR count). The van der Waals surface area contributed by atoms with Crippen molar-refractivity contribution in [1.82, 2.24) is 4.90 Å². The quantitative estimate of drug-likeness (QED) is 0.426. The lowest BCUT2D eigenvalue weighted by molar-refractivity contribution is -0.139. The van der Waals surface area contributed by atoms with Gasteiger partial charge in [0.1, 0.15) is 0 Å². The van der Waals surface area contributed by atoms with Gasteiger partial charge in [0.25, 0.3) is 5.91 Å². The van der Waals surface area contributed by atoms with Gasteiger partial charge >= 0.3 is 0 Å². The maximum absolute atomic E-state index is 13.7. The minimum atomic E-state index is -1.76. The van der Waals surface area contributed by atoms with E-state index in [2.05, 4.69) is 0 Å².